The van der Waals surface area contributed by atoms with E-state index in [2.05, 4.69) is 20.6 Å². The zero-order valence-electron chi connectivity index (χ0n) is 16.2. The van der Waals surface area contributed by atoms with Crippen molar-refractivity contribution in [2.45, 2.75) is 20.0 Å². The lowest BCUT2D eigenvalue weighted by molar-refractivity contribution is -0.129. The molecule has 0 spiro atoms. The van der Waals surface area contributed by atoms with Gasteiger partial charge in [-0.2, -0.15) is 0 Å². The Labute approximate surface area is 167 Å². The van der Waals surface area contributed by atoms with Gasteiger partial charge in [-0.05, 0) is 32.0 Å². The standard InChI is InChI=1S/C21H20N4O4/c1-12-13(2)24-17-11-15(9-10-16(17)23-12)20(27)29-18(14-7-5-4-6-8-14)19(26)25-21(28)22-3/h4-11,18H,1-3H3,(H2,22,25,26,28)/t18-/m0/s1. The zero-order valence-corrected chi connectivity index (χ0v) is 16.2. The first kappa shape index (κ1) is 19.9. The first-order valence-corrected chi connectivity index (χ1v) is 8.92. The molecule has 8 nitrogen and oxygen atoms in total. The van der Waals surface area contributed by atoms with E-state index in [1.165, 1.54) is 7.05 Å². The van der Waals surface area contributed by atoms with Gasteiger partial charge in [-0.25, -0.2) is 19.6 Å². The van der Waals surface area contributed by atoms with Gasteiger partial charge in [0.1, 0.15) is 0 Å². The fourth-order valence-electron chi connectivity index (χ4n) is 2.67. The predicted molar refractivity (Wildman–Crippen MR) is 106 cm³/mol. The van der Waals surface area contributed by atoms with E-state index in [9.17, 15) is 14.4 Å². The maximum absolute atomic E-state index is 12.7. The van der Waals surface area contributed by atoms with Crippen LogP contribution in [0.15, 0.2) is 48.5 Å². The van der Waals surface area contributed by atoms with Gasteiger partial charge in [-0.1, -0.05) is 30.3 Å². The number of imide groups is 1. The van der Waals surface area contributed by atoms with E-state index in [4.69, 9.17) is 4.74 Å². The van der Waals surface area contributed by atoms with E-state index in [1.54, 1.807) is 48.5 Å². The number of nitrogens with zero attached hydrogens (tertiary/aromatic N) is 2. The lowest BCUT2D eigenvalue weighted by atomic mass is 10.1. The number of amides is 3. The summed E-state index contributed by atoms with van der Waals surface area (Å²) in [5.41, 5.74) is 3.44. The van der Waals surface area contributed by atoms with E-state index in [0.29, 0.717) is 16.6 Å². The van der Waals surface area contributed by atoms with Crippen LogP contribution in [-0.4, -0.2) is 34.9 Å². The molecule has 2 aromatic carbocycles. The normalized spacial score (nSPS) is 11.6. The average Bonchev–Trinajstić information content (AvgIpc) is 2.72. The second-order valence-corrected chi connectivity index (χ2v) is 6.36. The van der Waals surface area contributed by atoms with E-state index >= 15 is 0 Å². The Morgan fingerprint density at radius 3 is 2.24 bits per heavy atom. The largest absolute Gasteiger partial charge is 0.444 e. The number of aryl methyl sites for hydroxylation is 2. The quantitative estimate of drug-likeness (QED) is 0.661. The van der Waals surface area contributed by atoms with Gasteiger partial charge in [-0.3, -0.25) is 10.1 Å². The lowest BCUT2D eigenvalue weighted by Crippen LogP contribution is -2.41. The van der Waals surface area contributed by atoms with E-state index < -0.39 is 24.0 Å². The van der Waals surface area contributed by atoms with Gasteiger partial charge in [0.2, 0.25) is 6.10 Å². The first-order valence-electron chi connectivity index (χ1n) is 8.92. The predicted octanol–water partition coefficient (Wildman–Crippen LogP) is 2.60. The molecule has 3 aromatic rings. The van der Waals surface area contributed by atoms with Gasteiger partial charge in [0.05, 0.1) is 28.0 Å². The summed E-state index contributed by atoms with van der Waals surface area (Å²) in [5.74, 6) is -1.47. The molecule has 1 atom stereocenters. The number of fused-ring (bicyclic) bond motifs is 1. The number of hydrogen-bond donors (Lipinski definition) is 2. The minimum atomic E-state index is -1.29. The van der Waals surface area contributed by atoms with Crippen molar-refractivity contribution in [3.63, 3.8) is 0 Å². The molecular formula is C21H20N4O4. The van der Waals surface area contributed by atoms with Crippen LogP contribution in [0.1, 0.15) is 33.4 Å². The maximum Gasteiger partial charge on any atom is 0.339 e. The minimum Gasteiger partial charge on any atom is -0.444 e. The summed E-state index contributed by atoms with van der Waals surface area (Å²) >= 11 is 0. The smallest absolute Gasteiger partial charge is 0.339 e. The number of urea groups is 1. The summed E-state index contributed by atoms with van der Waals surface area (Å²) in [6.07, 6.45) is -1.29. The van der Waals surface area contributed by atoms with Crippen molar-refractivity contribution in [3.05, 3.63) is 71.0 Å². The van der Waals surface area contributed by atoms with Gasteiger partial charge in [0.15, 0.2) is 0 Å². The second kappa shape index (κ2) is 8.47. The molecule has 0 fully saturated rings. The topological polar surface area (TPSA) is 110 Å². The fraction of sp³-hybridized carbons (Fsp3) is 0.190. The van der Waals surface area contributed by atoms with Crippen molar-refractivity contribution in [2.75, 3.05) is 7.05 Å². The highest BCUT2D eigenvalue weighted by Crippen LogP contribution is 2.21. The van der Waals surface area contributed by atoms with Crippen LogP contribution in [0.25, 0.3) is 11.0 Å². The molecule has 0 aliphatic heterocycles. The van der Waals surface area contributed by atoms with Crippen molar-refractivity contribution in [1.82, 2.24) is 20.6 Å². The molecule has 0 unspecified atom stereocenters. The fourth-order valence-corrected chi connectivity index (χ4v) is 2.67. The Bertz CT molecular complexity index is 1080. The Morgan fingerprint density at radius 2 is 1.59 bits per heavy atom. The Hall–Kier alpha value is -3.81. The third-order valence-corrected chi connectivity index (χ3v) is 4.34. The molecule has 1 aromatic heterocycles. The highest BCUT2D eigenvalue weighted by atomic mass is 16.5. The molecule has 0 saturated heterocycles. The molecule has 0 aliphatic carbocycles. The molecule has 29 heavy (non-hydrogen) atoms. The number of esters is 1. The molecule has 3 rings (SSSR count). The third kappa shape index (κ3) is 4.55. The number of benzene rings is 2. The van der Waals surface area contributed by atoms with Gasteiger partial charge in [0.25, 0.3) is 5.91 Å². The van der Waals surface area contributed by atoms with Gasteiger partial charge >= 0.3 is 12.0 Å². The number of carbonyl (C=O) groups is 3. The number of carbonyl (C=O) groups excluding carboxylic acids is 3. The number of rotatable bonds is 4. The molecule has 2 N–H and O–H groups in total. The Kier molecular flexibility index (Phi) is 5.82. The molecule has 1 heterocycles. The maximum atomic E-state index is 12.7. The number of aromatic nitrogens is 2. The van der Waals surface area contributed by atoms with Gasteiger partial charge in [0, 0.05) is 12.6 Å². The number of nitrogens with one attached hydrogen (secondary N) is 2. The lowest BCUT2D eigenvalue weighted by Gasteiger charge is -2.17. The molecular weight excluding hydrogens is 372 g/mol. The van der Waals surface area contributed by atoms with Crippen LogP contribution < -0.4 is 10.6 Å². The van der Waals surface area contributed by atoms with Crippen LogP contribution in [0.2, 0.25) is 0 Å². The molecule has 0 radical (unpaired) electrons. The third-order valence-electron chi connectivity index (χ3n) is 4.34. The van der Waals surface area contributed by atoms with Gasteiger partial charge < -0.3 is 10.1 Å². The summed E-state index contributed by atoms with van der Waals surface area (Å²) in [4.78, 5) is 45.6. The van der Waals surface area contributed by atoms with Crippen LogP contribution in [0.3, 0.4) is 0 Å². The van der Waals surface area contributed by atoms with Crippen molar-refractivity contribution < 1.29 is 19.1 Å². The number of hydrogen-bond acceptors (Lipinski definition) is 6. The van der Waals surface area contributed by atoms with Crippen LogP contribution in [-0.2, 0) is 9.53 Å². The van der Waals surface area contributed by atoms with E-state index in [1.807, 2.05) is 13.8 Å². The molecule has 0 bridgehead atoms. The highest BCUT2D eigenvalue weighted by Gasteiger charge is 2.27. The van der Waals surface area contributed by atoms with Crippen LogP contribution in [0, 0.1) is 13.8 Å². The van der Waals surface area contributed by atoms with E-state index in [0.717, 1.165) is 11.4 Å². The Morgan fingerprint density at radius 1 is 0.931 bits per heavy atom. The summed E-state index contributed by atoms with van der Waals surface area (Å²) in [5, 5.41) is 4.43. The van der Waals surface area contributed by atoms with Crippen LogP contribution >= 0.6 is 0 Å². The summed E-state index contributed by atoms with van der Waals surface area (Å²) in [6.45, 7) is 3.70. The Balaban J connectivity index is 1.89. The molecule has 0 saturated carbocycles. The molecule has 148 valence electrons. The van der Waals surface area contributed by atoms with Crippen LogP contribution in [0.5, 0.6) is 0 Å². The summed E-state index contributed by atoms with van der Waals surface area (Å²) in [7, 11) is 1.38. The zero-order chi connectivity index (χ0) is 21.0. The minimum absolute atomic E-state index is 0.226. The first-order chi connectivity index (χ1) is 13.9. The molecule has 8 heteroatoms. The van der Waals surface area contributed by atoms with Crippen molar-refractivity contribution in [1.29, 1.82) is 0 Å². The monoisotopic (exact) mass is 392 g/mol. The summed E-state index contributed by atoms with van der Waals surface area (Å²) < 4.78 is 5.45. The van der Waals surface area contributed by atoms with Crippen molar-refractivity contribution >= 4 is 28.9 Å². The molecule has 0 aliphatic rings. The van der Waals surface area contributed by atoms with Crippen molar-refractivity contribution in [3.8, 4) is 0 Å². The van der Waals surface area contributed by atoms with E-state index in [-0.39, 0.29) is 5.56 Å². The highest BCUT2D eigenvalue weighted by molar-refractivity contribution is 5.99. The number of ether oxygens (including phenoxy) is 1. The van der Waals surface area contributed by atoms with Crippen molar-refractivity contribution in [2.24, 2.45) is 0 Å². The summed E-state index contributed by atoms with van der Waals surface area (Å²) in [6, 6.07) is 12.6. The molecule has 3 amide bonds. The second-order valence-electron chi connectivity index (χ2n) is 6.36. The van der Waals surface area contributed by atoms with Crippen LogP contribution in [0.4, 0.5) is 4.79 Å². The average molecular weight is 392 g/mol. The van der Waals surface area contributed by atoms with Gasteiger partial charge in [-0.15, -0.1) is 0 Å². The SMILES string of the molecule is CNC(=O)NC(=O)[C@@H](OC(=O)c1ccc2nc(C)c(C)nc2c1)c1ccccc1.